The topological polar surface area (TPSA) is 21.3 Å². The summed E-state index contributed by atoms with van der Waals surface area (Å²) in [5.74, 6) is 0. The van der Waals surface area contributed by atoms with E-state index in [2.05, 4.69) is 19.2 Å². The zero-order valence-corrected chi connectivity index (χ0v) is 7.60. The second-order valence-electron chi connectivity index (χ2n) is 3.35. The molecular formula is C9H19NO. The van der Waals surface area contributed by atoms with Crippen molar-refractivity contribution >= 4 is 0 Å². The predicted molar refractivity (Wildman–Crippen MR) is 46.7 cm³/mol. The molecule has 2 unspecified atom stereocenters. The molecule has 1 rings (SSSR count). The first-order valence-electron chi connectivity index (χ1n) is 4.69. The number of ether oxygens (including phenoxy) is 1. The Morgan fingerprint density at radius 3 is 2.82 bits per heavy atom. The van der Waals surface area contributed by atoms with Gasteiger partial charge in [-0.15, -0.1) is 0 Å². The van der Waals surface area contributed by atoms with Crippen molar-refractivity contribution in [1.29, 1.82) is 0 Å². The zero-order chi connectivity index (χ0) is 8.10. The van der Waals surface area contributed by atoms with Gasteiger partial charge in [-0.05, 0) is 32.7 Å². The van der Waals surface area contributed by atoms with Crippen LogP contribution >= 0.6 is 0 Å². The van der Waals surface area contributed by atoms with E-state index in [0.717, 1.165) is 13.1 Å². The zero-order valence-electron chi connectivity index (χ0n) is 7.60. The molecule has 0 spiro atoms. The van der Waals surface area contributed by atoms with E-state index in [-0.39, 0.29) is 0 Å². The molecule has 1 N–H and O–H groups in total. The van der Waals surface area contributed by atoms with Gasteiger partial charge in [-0.2, -0.15) is 0 Å². The van der Waals surface area contributed by atoms with Crippen LogP contribution in [0.4, 0.5) is 0 Å². The van der Waals surface area contributed by atoms with Crippen molar-refractivity contribution in [2.24, 2.45) is 0 Å². The quantitative estimate of drug-likeness (QED) is 0.625. The Hall–Kier alpha value is -0.0800. The first-order chi connectivity index (χ1) is 5.33. The Kier molecular flexibility index (Phi) is 3.87. The molecule has 0 bridgehead atoms. The van der Waals surface area contributed by atoms with E-state index < -0.39 is 0 Å². The minimum atomic E-state index is 0.483. The molecule has 2 atom stereocenters. The van der Waals surface area contributed by atoms with Gasteiger partial charge < -0.3 is 10.1 Å². The summed E-state index contributed by atoms with van der Waals surface area (Å²) < 4.78 is 5.65. The SMILES string of the molecule is CCCNCC1CCC(C)O1. The summed E-state index contributed by atoms with van der Waals surface area (Å²) in [5, 5.41) is 3.37. The average Bonchev–Trinajstić information content (AvgIpc) is 2.37. The standard InChI is InChI=1S/C9H19NO/c1-3-6-10-7-9-5-4-8(2)11-9/h8-10H,3-7H2,1-2H3. The van der Waals surface area contributed by atoms with Crippen molar-refractivity contribution in [1.82, 2.24) is 5.32 Å². The molecule has 1 heterocycles. The summed E-state index contributed by atoms with van der Waals surface area (Å²) in [6.45, 7) is 6.50. The Labute approximate surface area is 69.3 Å². The molecule has 66 valence electrons. The van der Waals surface area contributed by atoms with Crippen molar-refractivity contribution in [3.05, 3.63) is 0 Å². The number of hydrogen-bond acceptors (Lipinski definition) is 2. The van der Waals surface area contributed by atoms with E-state index in [1.165, 1.54) is 19.3 Å². The van der Waals surface area contributed by atoms with Crippen LogP contribution < -0.4 is 5.32 Å². The third-order valence-corrected chi connectivity index (χ3v) is 2.12. The highest BCUT2D eigenvalue weighted by Gasteiger charge is 2.20. The maximum Gasteiger partial charge on any atom is 0.0704 e. The predicted octanol–water partition coefficient (Wildman–Crippen LogP) is 1.55. The molecule has 0 aromatic rings. The van der Waals surface area contributed by atoms with Crippen molar-refractivity contribution < 1.29 is 4.74 Å². The molecule has 11 heavy (non-hydrogen) atoms. The lowest BCUT2D eigenvalue weighted by Crippen LogP contribution is -2.27. The van der Waals surface area contributed by atoms with Crippen LogP contribution in [-0.2, 0) is 4.74 Å². The molecule has 0 aliphatic carbocycles. The van der Waals surface area contributed by atoms with Crippen LogP contribution in [0, 0.1) is 0 Å². The van der Waals surface area contributed by atoms with Gasteiger partial charge >= 0.3 is 0 Å². The van der Waals surface area contributed by atoms with E-state index >= 15 is 0 Å². The van der Waals surface area contributed by atoms with Crippen LogP contribution in [0.3, 0.4) is 0 Å². The lowest BCUT2D eigenvalue weighted by Gasteiger charge is -2.11. The maximum atomic E-state index is 5.65. The van der Waals surface area contributed by atoms with Gasteiger partial charge in [0.1, 0.15) is 0 Å². The number of hydrogen-bond donors (Lipinski definition) is 1. The average molecular weight is 157 g/mol. The highest BCUT2D eigenvalue weighted by Crippen LogP contribution is 2.17. The first-order valence-corrected chi connectivity index (χ1v) is 4.69. The van der Waals surface area contributed by atoms with E-state index in [1.54, 1.807) is 0 Å². The van der Waals surface area contributed by atoms with E-state index in [4.69, 9.17) is 4.74 Å². The number of rotatable bonds is 4. The van der Waals surface area contributed by atoms with E-state index in [1.807, 2.05) is 0 Å². The molecule has 0 aromatic heterocycles. The van der Waals surface area contributed by atoms with E-state index in [0.29, 0.717) is 12.2 Å². The van der Waals surface area contributed by atoms with Gasteiger partial charge in [-0.3, -0.25) is 0 Å². The first kappa shape index (κ1) is 9.01. The molecule has 2 heteroatoms. The fraction of sp³-hybridized carbons (Fsp3) is 1.00. The van der Waals surface area contributed by atoms with Gasteiger partial charge in [0.25, 0.3) is 0 Å². The summed E-state index contributed by atoms with van der Waals surface area (Å²) in [6.07, 6.45) is 4.65. The molecule has 1 fully saturated rings. The molecular weight excluding hydrogens is 138 g/mol. The largest absolute Gasteiger partial charge is 0.374 e. The van der Waals surface area contributed by atoms with Crippen molar-refractivity contribution in [3.8, 4) is 0 Å². The molecule has 0 amide bonds. The summed E-state index contributed by atoms with van der Waals surface area (Å²) >= 11 is 0. The Morgan fingerprint density at radius 2 is 2.27 bits per heavy atom. The van der Waals surface area contributed by atoms with Crippen LogP contribution in [0.1, 0.15) is 33.1 Å². The van der Waals surface area contributed by atoms with E-state index in [9.17, 15) is 0 Å². The van der Waals surface area contributed by atoms with Crippen LogP contribution in [0.5, 0.6) is 0 Å². The smallest absolute Gasteiger partial charge is 0.0704 e. The third kappa shape index (κ3) is 3.21. The molecule has 1 saturated heterocycles. The number of nitrogens with one attached hydrogen (secondary N) is 1. The van der Waals surface area contributed by atoms with Crippen molar-refractivity contribution in [3.63, 3.8) is 0 Å². The second kappa shape index (κ2) is 4.73. The highest BCUT2D eigenvalue weighted by atomic mass is 16.5. The fourth-order valence-electron chi connectivity index (χ4n) is 1.48. The minimum absolute atomic E-state index is 0.483. The summed E-state index contributed by atoms with van der Waals surface area (Å²) in [4.78, 5) is 0. The lowest BCUT2D eigenvalue weighted by atomic mass is 10.2. The Balaban J connectivity index is 1.99. The molecule has 0 radical (unpaired) electrons. The van der Waals surface area contributed by atoms with Gasteiger partial charge in [0, 0.05) is 6.54 Å². The van der Waals surface area contributed by atoms with Gasteiger partial charge in [0.2, 0.25) is 0 Å². The lowest BCUT2D eigenvalue weighted by molar-refractivity contribution is 0.0562. The second-order valence-corrected chi connectivity index (χ2v) is 3.35. The Bertz CT molecular complexity index is 106. The summed E-state index contributed by atoms with van der Waals surface area (Å²) in [6, 6.07) is 0. The van der Waals surface area contributed by atoms with Crippen LogP contribution in [0.25, 0.3) is 0 Å². The van der Waals surface area contributed by atoms with Gasteiger partial charge in [-0.25, -0.2) is 0 Å². The van der Waals surface area contributed by atoms with Crippen molar-refractivity contribution in [2.45, 2.75) is 45.3 Å². The molecule has 2 nitrogen and oxygen atoms in total. The van der Waals surface area contributed by atoms with Gasteiger partial charge in [0.15, 0.2) is 0 Å². The van der Waals surface area contributed by atoms with Crippen LogP contribution in [-0.4, -0.2) is 25.3 Å². The fourth-order valence-corrected chi connectivity index (χ4v) is 1.48. The van der Waals surface area contributed by atoms with Crippen LogP contribution in [0.2, 0.25) is 0 Å². The summed E-state index contributed by atoms with van der Waals surface area (Å²) in [5.41, 5.74) is 0. The highest BCUT2D eigenvalue weighted by molar-refractivity contribution is 4.71. The Morgan fingerprint density at radius 1 is 1.45 bits per heavy atom. The van der Waals surface area contributed by atoms with Gasteiger partial charge in [0.05, 0.1) is 12.2 Å². The normalized spacial score (nSPS) is 31.1. The van der Waals surface area contributed by atoms with Crippen molar-refractivity contribution in [2.75, 3.05) is 13.1 Å². The molecule has 1 aliphatic rings. The monoisotopic (exact) mass is 157 g/mol. The molecule has 0 saturated carbocycles. The summed E-state index contributed by atoms with van der Waals surface area (Å²) in [7, 11) is 0. The van der Waals surface area contributed by atoms with Gasteiger partial charge in [-0.1, -0.05) is 6.92 Å². The molecule has 1 aliphatic heterocycles. The third-order valence-electron chi connectivity index (χ3n) is 2.12. The van der Waals surface area contributed by atoms with Crippen LogP contribution in [0.15, 0.2) is 0 Å². The maximum absolute atomic E-state index is 5.65. The minimum Gasteiger partial charge on any atom is -0.374 e. The molecule has 0 aromatic carbocycles.